The molecule has 0 aromatic carbocycles. The summed E-state index contributed by atoms with van der Waals surface area (Å²) in [7, 11) is 0. The number of nitrogens with zero attached hydrogens (tertiary/aromatic N) is 7. The van der Waals surface area contributed by atoms with Crippen LogP contribution in [0.3, 0.4) is 0 Å². The van der Waals surface area contributed by atoms with E-state index in [2.05, 4.69) is 34.2 Å². The number of furan rings is 1. The molecule has 31 heavy (non-hydrogen) atoms. The number of hydrogen-bond donors (Lipinski definition) is 0. The maximum absolute atomic E-state index is 6.04. The smallest absolute Gasteiger partial charge is 0.218 e. The first-order chi connectivity index (χ1) is 15.0. The Kier molecular flexibility index (Phi) is 3.79. The quantitative estimate of drug-likeness (QED) is 0.408. The van der Waals surface area contributed by atoms with Crippen molar-refractivity contribution in [2.45, 2.75) is 34.2 Å². The molecular weight excluding hydrogens is 410 g/mol. The Morgan fingerprint density at radius 3 is 2.68 bits per heavy atom. The third-order valence-electron chi connectivity index (χ3n) is 5.38. The van der Waals surface area contributed by atoms with Crippen LogP contribution in [0.5, 0.6) is 0 Å². The van der Waals surface area contributed by atoms with Gasteiger partial charge in [0, 0.05) is 16.8 Å². The van der Waals surface area contributed by atoms with Gasteiger partial charge in [-0.3, -0.25) is 4.68 Å². The fraction of sp³-hybridized carbons (Fsp3) is 0.227. The minimum atomic E-state index is 0.534. The number of aromatic nitrogens is 7. The molecule has 0 atom stereocenters. The molecule has 0 aliphatic heterocycles. The maximum atomic E-state index is 6.04. The van der Waals surface area contributed by atoms with Crippen LogP contribution in [0.1, 0.15) is 28.4 Å². The molecule has 0 saturated heterocycles. The molecule has 154 valence electrons. The van der Waals surface area contributed by atoms with Gasteiger partial charge < -0.3 is 4.42 Å². The molecule has 0 spiro atoms. The van der Waals surface area contributed by atoms with E-state index in [1.165, 1.54) is 5.56 Å². The molecule has 0 saturated carbocycles. The molecule has 0 radical (unpaired) electrons. The van der Waals surface area contributed by atoms with Crippen LogP contribution in [0.25, 0.3) is 37.7 Å². The SMILES string of the molecule is Cc1cc(C)c2c(n1)sc1c2ncn2nc(-c3ccc(Cn4nc(C)cc4C)o3)nc12. The number of pyridine rings is 1. The van der Waals surface area contributed by atoms with Gasteiger partial charge in [0.05, 0.1) is 17.8 Å². The Hall–Kier alpha value is -3.59. The number of aryl methyl sites for hydroxylation is 4. The lowest BCUT2D eigenvalue weighted by molar-refractivity contribution is 0.483. The van der Waals surface area contributed by atoms with Gasteiger partial charge in [-0.1, -0.05) is 0 Å². The summed E-state index contributed by atoms with van der Waals surface area (Å²) in [4.78, 5) is 15.1. The highest BCUT2D eigenvalue weighted by atomic mass is 32.1. The summed E-state index contributed by atoms with van der Waals surface area (Å²) in [6.45, 7) is 8.69. The van der Waals surface area contributed by atoms with Crippen LogP contribution in [-0.2, 0) is 6.54 Å². The van der Waals surface area contributed by atoms with Crippen LogP contribution in [0.15, 0.2) is 35.0 Å². The summed E-state index contributed by atoms with van der Waals surface area (Å²) in [5.41, 5.74) is 5.94. The summed E-state index contributed by atoms with van der Waals surface area (Å²) in [6, 6.07) is 7.98. The molecule has 0 N–H and O–H groups in total. The van der Waals surface area contributed by atoms with Crippen molar-refractivity contribution < 1.29 is 4.42 Å². The van der Waals surface area contributed by atoms with Gasteiger partial charge in [0.15, 0.2) is 11.4 Å². The Labute approximate surface area is 181 Å². The topological polar surface area (TPSA) is 86.9 Å². The van der Waals surface area contributed by atoms with E-state index in [1.807, 2.05) is 37.6 Å². The predicted molar refractivity (Wildman–Crippen MR) is 119 cm³/mol. The molecule has 6 rings (SSSR count). The van der Waals surface area contributed by atoms with Gasteiger partial charge in [0.25, 0.3) is 0 Å². The second-order valence-corrected chi connectivity index (χ2v) is 8.84. The highest BCUT2D eigenvalue weighted by molar-refractivity contribution is 7.26. The van der Waals surface area contributed by atoms with Crippen molar-refractivity contribution >= 4 is 37.4 Å². The zero-order valence-electron chi connectivity index (χ0n) is 17.5. The van der Waals surface area contributed by atoms with Gasteiger partial charge >= 0.3 is 0 Å². The summed E-state index contributed by atoms with van der Waals surface area (Å²) in [5.74, 6) is 1.97. The minimum Gasteiger partial charge on any atom is -0.456 e. The molecule has 0 aliphatic rings. The largest absolute Gasteiger partial charge is 0.456 e. The number of rotatable bonds is 3. The highest BCUT2D eigenvalue weighted by Gasteiger charge is 2.18. The van der Waals surface area contributed by atoms with E-state index >= 15 is 0 Å². The summed E-state index contributed by atoms with van der Waals surface area (Å²) >= 11 is 1.60. The second kappa shape index (κ2) is 6.45. The standard InChI is InChI=1S/C22H19N7OS/c1-11-7-12(2)24-22-17(11)18-19(31-22)21-25-20(27-29(21)10-23-18)16-6-5-15(30-16)9-28-14(4)8-13(3)26-28/h5-8,10H,9H2,1-4H3. The number of fused-ring (bicyclic) bond motifs is 5. The first kappa shape index (κ1) is 18.2. The van der Waals surface area contributed by atoms with E-state index in [1.54, 1.807) is 22.2 Å². The number of hydrogen-bond acceptors (Lipinski definition) is 7. The molecule has 0 bridgehead atoms. The normalized spacial score (nSPS) is 12.0. The lowest BCUT2D eigenvalue weighted by Crippen LogP contribution is -2.02. The van der Waals surface area contributed by atoms with E-state index in [-0.39, 0.29) is 0 Å². The first-order valence-electron chi connectivity index (χ1n) is 9.98. The van der Waals surface area contributed by atoms with E-state index in [9.17, 15) is 0 Å². The fourth-order valence-electron chi connectivity index (χ4n) is 4.04. The van der Waals surface area contributed by atoms with Crippen LogP contribution in [0.2, 0.25) is 0 Å². The molecular formula is C22H19N7OS. The minimum absolute atomic E-state index is 0.534. The molecule has 0 fully saturated rings. The van der Waals surface area contributed by atoms with E-state index in [0.717, 1.165) is 48.9 Å². The van der Waals surface area contributed by atoms with Gasteiger partial charge in [0.2, 0.25) is 5.82 Å². The molecule has 8 nitrogen and oxygen atoms in total. The van der Waals surface area contributed by atoms with Crippen LogP contribution in [0, 0.1) is 27.7 Å². The molecule has 0 amide bonds. The molecule has 0 aliphatic carbocycles. The monoisotopic (exact) mass is 429 g/mol. The average molecular weight is 430 g/mol. The molecule has 6 aromatic rings. The first-order valence-corrected chi connectivity index (χ1v) is 10.8. The van der Waals surface area contributed by atoms with Crippen molar-refractivity contribution in [2.75, 3.05) is 0 Å². The van der Waals surface area contributed by atoms with Crippen molar-refractivity contribution in [3.63, 3.8) is 0 Å². The maximum Gasteiger partial charge on any atom is 0.218 e. The zero-order valence-corrected chi connectivity index (χ0v) is 18.4. The van der Waals surface area contributed by atoms with E-state index in [4.69, 9.17) is 14.4 Å². The zero-order chi connectivity index (χ0) is 21.3. The van der Waals surface area contributed by atoms with Gasteiger partial charge in [0.1, 0.15) is 21.6 Å². The highest BCUT2D eigenvalue weighted by Crippen LogP contribution is 2.36. The third kappa shape index (κ3) is 2.84. The Bertz CT molecular complexity index is 1620. The van der Waals surface area contributed by atoms with Crippen LogP contribution in [0.4, 0.5) is 0 Å². The van der Waals surface area contributed by atoms with Crippen LogP contribution >= 0.6 is 11.3 Å². The Morgan fingerprint density at radius 2 is 1.87 bits per heavy atom. The molecule has 0 unspecified atom stereocenters. The molecule has 9 heteroatoms. The van der Waals surface area contributed by atoms with Gasteiger partial charge in [-0.2, -0.15) is 5.10 Å². The van der Waals surface area contributed by atoms with Crippen molar-refractivity contribution in [1.82, 2.24) is 34.3 Å². The lowest BCUT2D eigenvalue weighted by atomic mass is 10.1. The summed E-state index contributed by atoms with van der Waals surface area (Å²) in [5, 5.41) is 10.2. The van der Waals surface area contributed by atoms with Crippen molar-refractivity contribution in [3.8, 4) is 11.6 Å². The number of thiophene rings is 1. The second-order valence-electron chi connectivity index (χ2n) is 7.84. The molecule has 6 aromatic heterocycles. The fourth-order valence-corrected chi connectivity index (χ4v) is 5.26. The Balaban J connectivity index is 1.44. The van der Waals surface area contributed by atoms with Gasteiger partial charge in [-0.05, 0) is 57.5 Å². The van der Waals surface area contributed by atoms with Gasteiger partial charge in [-0.25, -0.2) is 19.5 Å². The van der Waals surface area contributed by atoms with Crippen molar-refractivity contribution in [1.29, 1.82) is 0 Å². The van der Waals surface area contributed by atoms with Crippen LogP contribution < -0.4 is 0 Å². The van der Waals surface area contributed by atoms with Gasteiger partial charge in [-0.15, -0.1) is 16.4 Å². The average Bonchev–Trinajstić information content (AvgIpc) is 3.46. The van der Waals surface area contributed by atoms with E-state index in [0.29, 0.717) is 18.1 Å². The summed E-state index contributed by atoms with van der Waals surface area (Å²) in [6.07, 6.45) is 1.71. The third-order valence-corrected chi connectivity index (χ3v) is 6.45. The Morgan fingerprint density at radius 1 is 1.00 bits per heavy atom. The van der Waals surface area contributed by atoms with E-state index < -0.39 is 0 Å². The van der Waals surface area contributed by atoms with Crippen molar-refractivity contribution in [3.05, 3.63) is 59.0 Å². The predicted octanol–water partition coefficient (Wildman–Crippen LogP) is 4.63. The van der Waals surface area contributed by atoms with Crippen LogP contribution in [-0.4, -0.2) is 34.3 Å². The van der Waals surface area contributed by atoms with Crippen molar-refractivity contribution in [2.24, 2.45) is 0 Å². The molecule has 6 heterocycles. The summed E-state index contributed by atoms with van der Waals surface area (Å²) < 4.78 is 10.7. The lowest BCUT2D eigenvalue weighted by Gasteiger charge is -2.00.